The van der Waals surface area contributed by atoms with Gasteiger partial charge in [0.15, 0.2) is 5.82 Å². The number of rotatable bonds is 8. The van der Waals surface area contributed by atoms with Gasteiger partial charge in [-0.1, -0.05) is 12.1 Å². The molecule has 7 nitrogen and oxygen atoms in total. The normalized spacial score (nSPS) is 11.4. The van der Waals surface area contributed by atoms with Gasteiger partial charge in [0.1, 0.15) is 11.5 Å². The highest BCUT2D eigenvalue weighted by atomic mass is 32.1. The van der Waals surface area contributed by atoms with Crippen LogP contribution in [0.4, 0.5) is 5.69 Å². The van der Waals surface area contributed by atoms with Crippen molar-refractivity contribution in [2.75, 3.05) is 18.0 Å². The molecule has 0 unspecified atom stereocenters. The molecule has 2 aromatic carbocycles. The van der Waals surface area contributed by atoms with Gasteiger partial charge in [0.05, 0.1) is 12.3 Å². The number of aromatic hydroxyl groups is 1. The quantitative estimate of drug-likeness (QED) is 0.399. The Labute approximate surface area is 181 Å². The maximum Gasteiger partial charge on any atom is 0.216 e. The van der Waals surface area contributed by atoms with Gasteiger partial charge in [0.2, 0.25) is 4.77 Å². The van der Waals surface area contributed by atoms with Crippen LogP contribution in [0.1, 0.15) is 33.3 Å². The number of aromatic amines is 1. The number of hydrogen-bond donors (Lipinski definition) is 2. The van der Waals surface area contributed by atoms with E-state index in [2.05, 4.69) is 34.0 Å². The highest BCUT2D eigenvalue weighted by Crippen LogP contribution is 2.25. The van der Waals surface area contributed by atoms with Gasteiger partial charge < -0.3 is 14.7 Å². The van der Waals surface area contributed by atoms with E-state index >= 15 is 0 Å². The SMILES string of the molecule is CCN(CC)c1ccc(/C=N\n2c(-c3cccc(OC(C)C)c3)n[nH]c2=S)c(O)c1. The monoisotopic (exact) mass is 425 g/mol. The Bertz CT molecular complexity index is 1080. The molecule has 0 amide bonds. The lowest BCUT2D eigenvalue weighted by atomic mass is 10.2. The van der Waals surface area contributed by atoms with Crippen LogP contribution < -0.4 is 9.64 Å². The topological polar surface area (TPSA) is 78.7 Å². The summed E-state index contributed by atoms with van der Waals surface area (Å²) in [6.45, 7) is 9.86. The highest BCUT2D eigenvalue weighted by Gasteiger charge is 2.11. The summed E-state index contributed by atoms with van der Waals surface area (Å²) < 4.78 is 7.65. The first-order chi connectivity index (χ1) is 14.4. The van der Waals surface area contributed by atoms with Crippen molar-refractivity contribution in [2.24, 2.45) is 5.10 Å². The Balaban J connectivity index is 1.91. The molecule has 30 heavy (non-hydrogen) atoms. The van der Waals surface area contributed by atoms with E-state index in [1.165, 1.54) is 4.68 Å². The van der Waals surface area contributed by atoms with Crippen molar-refractivity contribution in [1.82, 2.24) is 14.9 Å². The van der Waals surface area contributed by atoms with Crippen LogP contribution in [0, 0.1) is 4.77 Å². The smallest absolute Gasteiger partial charge is 0.216 e. The molecule has 0 saturated heterocycles. The third-order valence-corrected chi connectivity index (χ3v) is 4.83. The van der Waals surface area contributed by atoms with Gasteiger partial charge in [-0.2, -0.15) is 14.9 Å². The molecule has 158 valence electrons. The number of phenolic OH excluding ortho intramolecular Hbond substituents is 1. The van der Waals surface area contributed by atoms with E-state index in [9.17, 15) is 5.11 Å². The fraction of sp³-hybridized carbons (Fsp3) is 0.318. The van der Waals surface area contributed by atoms with Gasteiger partial charge in [0.25, 0.3) is 0 Å². The van der Waals surface area contributed by atoms with Crippen LogP contribution in [0.3, 0.4) is 0 Å². The molecule has 1 heterocycles. The van der Waals surface area contributed by atoms with Gasteiger partial charge in [-0.25, -0.2) is 5.10 Å². The highest BCUT2D eigenvalue weighted by molar-refractivity contribution is 7.71. The molecule has 0 atom stereocenters. The van der Waals surface area contributed by atoms with E-state index < -0.39 is 0 Å². The molecular formula is C22H27N5O2S. The average molecular weight is 426 g/mol. The second kappa shape index (κ2) is 9.58. The molecule has 0 saturated carbocycles. The second-order valence-electron chi connectivity index (χ2n) is 7.02. The Morgan fingerprint density at radius 3 is 2.67 bits per heavy atom. The van der Waals surface area contributed by atoms with Crippen LogP contribution in [-0.2, 0) is 0 Å². The molecular weight excluding hydrogens is 398 g/mol. The number of ether oxygens (including phenoxy) is 1. The molecule has 3 rings (SSSR count). The maximum atomic E-state index is 10.4. The van der Waals surface area contributed by atoms with Crippen molar-refractivity contribution in [3.63, 3.8) is 0 Å². The van der Waals surface area contributed by atoms with E-state index in [0.29, 0.717) is 16.2 Å². The molecule has 0 spiro atoms. The van der Waals surface area contributed by atoms with Crippen LogP contribution >= 0.6 is 12.2 Å². The number of phenols is 1. The molecule has 0 aliphatic rings. The van der Waals surface area contributed by atoms with Gasteiger partial charge in [0, 0.05) is 36.0 Å². The van der Waals surface area contributed by atoms with E-state index in [4.69, 9.17) is 17.0 Å². The Kier molecular flexibility index (Phi) is 6.89. The van der Waals surface area contributed by atoms with Crippen LogP contribution in [0.15, 0.2) is 47.6 Å². The summed E-state index contributed by atoms with van der Waals surface area (Å²) in [6, 6.07) is 13.2. The largest absolute Gasteiger partial charge is 0.507 e. The summed E-state index contributed by atoms with van der Waals surface area (Å²) in [5.74, 6) is 1.47. The van der Waals surface area contributed by atoms with Crippen LogP contribution in [0.25, 0.3) is 11.4 Å². The van der Waals surface area contributed by atoms with E-state index in [1.54, 1.807) is 12.3 Å². The molecule has 1 aromatic heterocycles. The first-order valence-electron chi connectivity index (χ1n) is 9.99. The Morgan fingerprint density at radius 2 is 2.00 bits per heavy atom. The Morgan fingerprint density at radius 1 is 1.23 bits per heavy atom. The minimum Gasteiger partial charge on any atom is -0.507 e. The number of benzene rings is 2. The number of H-pyrrole nitrogens is 1. The van der Waals surface area contributed by atoms with Crippen molar-refractivity contribution in [1.29, 1.82) is 0 Å². The fourth-order valence-electron chi connectivity index (χ4n) is 3.11. The Hall–Kier alpha value is -3.13. The van der Waals surface area contributed by atoms with E-state index in [0.717, 1.165) is 30.1 Å². The van der Waals surface area contributed by atoms with Crippen LogP contribution in [0.2, 0.25) is 0 Å². The standard InChI is InChI=1S/C22H27N5O2S/c1-5-26(6-2)18-11-10-17(20(28)13-18)14-23-27-21(24-25-22(27)30)16-8-7-9-19(12-16)29-15(3)4/h7-15,28H,5-6H2,1-4H3,(H,25,30)/b23-14-. The lowest BCUT2D eigenvalue weighted by molar-refractivity contribution is 0.242. The predicted molar refractivity (Wildman–Crippen MR) is 123 cm³/mol. The lowest BCUT2D eigenvalue weighted by Crippen LogP contribution is -2.21. The van der Waals surface area contributed by atoms with Gasteiger partial charge in [-0.05, 0) is 64.2 Å². The molecule has 0 radical (unpaired) electrons. The summed E-state index contributed by atoms with van der Waals surface area (Å²) in [5.41, 5.74) is 2.38. The third-order valence-electron chi connectivity index (χ3n) is 4.57. The summed E-state index contributed by atoms with van der Waals surface area (Å²) in [7, 11) is 0. The minimum absolute atomic E-state index is 0.0707. The zero-order valence-corrected chi connectivity index (χ0v) is 18.5. The number of anilines is 1. The molecule has 2 N–H and O–H groups in total. The van der Waals surface area contributed by atoms with Gasteiger partial charge in [-0.15, -0.1) is 0 Å². The van der Waals surface area contributed by atoms with Crippen molar-refractivity contribution in [3.05, 3.63) is 52.8 Å². The van der Waals surface area contributed by atoms with Crippen LogP contribution in [-0.4, -0.2) is 45.4 Å². The van der Waals surface area contributed by atoms with E-state index in [1.807, 2.05) is 50.2 Å². The van der Waals surface area contributed by atoms with Crippen LogP contribution in [0.5, 0.6) is 11.5 Å². The summed E-state index contributed by atoms with van der Waals surface area (Å²) in [4.78, 5) is 2.16. The number of nitrogens with zero attached hydrogens (tertiary/aromatic N) is 4. The minimum atomic E-state index is 0.0707. The molecule has 8 heteroatoms. The van der Waals surface area contributed by atoms with Gasteiger partial charge in [-0.3, -0.25) is 0 Å². The summed E-state index contributed by atoms with van der Waals surface area (Å²) in [6.07, 6.45) is 1.64. The zero-order valence-electron chi connectivity index (χ0n) is 17.7. The lowest BCUT2D eigenvalue weighted by Gasteiger charge is -2.21. The predicted octanol–water partition coefficient (Wildman–Crippen LogP) is 4.83. The van der Waals surface area contributed by atoms with E-state index in [-0.39, 0.29) is 11.9 Å². The summed E-state index contributed by atoms with van der Waals surface area (Å²) in [5, 5.41) is 22.0. The van der Waals surface area contributed by atoms with Crippen molar-refractivity contribution < 1.29 is 9.84 Å². The first-order valence-corrected chi connectivity index (χ1v) is 10.4. The van der Waals surface area contributed by atoms with Gasteiger partial charge >= 0.3 is 0 Å². The maximum absolute atomic E-state index is 10.4. The van der Waals surface area contributed by atoms with Crippen molar-refractivity contribution in [3.8, 4) is 22.9 Å². The van der Waals surface area contributed by atoms with Crippen molar-refractivity contribution >= 4 is 24.1 Å². The molecule has 0 fully saturated rings. The second-order valence-corrected chi connectivity index (χ2v) is 7.41. The van der Waals surface area contributed by atoms with Crippen molar-refractivity contribution in [2.45, 2.75) is 33.8 Å². The first kappa shape index (κ1) is 21.6. The number of aromatic nitrogens is 3. The average Bonchev–Trinajstić information content (AvgIpc) is 3.08. The zero-order chi connectivity index (χ0) is 21.7. The summed E-state index contributed by atoms with van der Waals surface area (Å²) >= 11 is 5.34. The molecule has 0 aliphatic carbocycles. The molecule has 0 bridgehead atoms. The fourth-order valence-corrected chi connectivity index (χ4v) is 3.29. The number of nitrogens with one attached hydrogen (secondary N) is 1. The molecule has 0 aliphatic heterocycles. The molecule has 3 aromatic rings. The third kappa shape index (κ3) is 4.88. The number of hydrogen-bond acceptors (Lipinski definition) is 6.